The van der Waals surface area contributed by atoms with Crippen LogP contribution in [0.25, 0.3) is 0 Å². The van der Waals surface area contributed by atoms with E-state index >= 15 is 0 Å². The molecule has 1 aromatic heterocycles. The molecule has 1 fully saturated rings. The van der Waals surface area contributed by atoms with Crippen molar-refractivity contribution in [1.29, 1.82) is 0 Å². The monoisotopic (exact) mass is 222 g/mol. The Morgan fingerprint density at radius 1 is 1.50 bits per heavy atom. The molecule has 2 rings (SSSR count). The standard InChI is InChI=1S/C11H14N2O3/c1-11(2)10(15)12-5-6-13(11)9-4-3-8(7-14)16-9/h3-4,7H,5-6H2,1-2H3,(H,12,15). The van der Waals surface area contributed by atoms with Crippen LogP contribution in [-0.4, -0.2) is 30.8 Å². The Bertz CT molecular complexity index is 423. The molecule has 0 atom stereocenters. The van der Waals surface area contributed by atoms with Crippen molar-refractivity contribution < 1.29 is 14.0 Å². The molecular formula is C11H14N2O3. The van der Waals surface area contributed by atoms with Crippen LogP contribution in [0.3, 0.4) is 0 Å². The number of aldehydes is 1. The van der Waals surface area contributed by atoms with Crippen LogP contribution in [-0.2, 0) is 4.79 Å². The Morgan fingerprint density at radius 3 is 2.88 bits per heavy atom. The zero-order valence-electron chi connectivity index (χ0n) is 9.32. The minimum Gasteiger partial charge on any atom is -0.438 e. The second-order valence-corrected chi connectivity index (χ2v) is 4.26. The van der Waals surface area contributed by atoms with Gasteiger partial charge in [0, 0.05) is 19.2 Å². The molecule has 1 aromatic rings. The molecule has 0 saturated carbocycles. The van der Waals surface area contributed by atoms with Crippen molar-refractivity contribution >= 4 is 18.1 Å². The first-order chi connectivity index (χ1) is 7.55. The van der Waals surface area contributed by atoms with E-state index in [0.717, 1.165) is 0 Å². The van der Waals surface area contributed by atoms with E-state index in [1.54, 1.807) is 12.1 Å². The van der Waals surface area contributed by atoms with Gasteiger partial charge in [-0.1, -0.05) is 0 Å². The third-order valence-electron chi connectivity index (χ3n) is 2.85. The first kappa shape index (κ1) is 10.7. The average molecular weight is 222 g/mol. The topological polar surface area (TPSA) is 62.6 Å². The highest BCUT2D eigenvalue weighted by molar-refractivity contribution is 5.90. The number of hydrogen-bond donors (Lipinski definition) is 1. The van der Waals surface area contributed by atoms with Crippen molar-refractivity contribution in [2.24, 2.45) is 0 Å². The van der Waals surface area contributed by atoms with E-state index in [1.807, 2.05) is 18.7 Å². The molecule has 5 nitrogen and oxygen atoms in total. The lowest BCUT2D eigenvalue weighted by Crippen LogP contribution is -2.62. The van der Waals surface area contributed by atoms with E-state index in [1.165, 1.54) is 0 Å². The number of carbonyl (C=O) groups excluding carboxylic acids is 2. The summed E-state index contributed by atoms with van der Waals surface area (Å²) in [6, 6.07) is 3.31. The van der Waals surface area contributed by atoms with Gasteiger partial charge in [-0.25, -0.2) is 0 Å². The van der Waals surface area contributed by atoms with Crippen LogP contribution in [0.1, 0.15) is 24.4 Å². The molecule has 2 heterocycles. The molecule has 1 saturated heterocycles. The molecule has 0 spiro atoms. The number of furan rings is 1. The molecule has 0 unspecified atom stereocenters. The Labute approximate surface area is 93.4 Å². The highest BCUT2D eigenvalue weighted by Crippen LogP contribution is 2.27. The minimum atomic E-state index is -0.656. The minimum absolute atomic E-state index is 0.0391. The Morgan fingerprint density at radius 2 is 2.25 bits per heavy atom. The summed E-state index contributed by atoms with van der Waals surface area (Å²) in [5.74, 6) is 0.793. The summed E-state index contributed by atoms with van der Waals surface area (Å²) in [4.78, 5) is 24.1. The van der Waals surface area contributed by atoms with Crippen LogP contribution in [0.4, 0.5) is 5.88 Å². The van der Waals surface area contributed by atoms with Gasteiger partial charge in [-0.3, -0.25) is 9.59 Å². The van der Waals surface area contributed by atoms with Crippen molar-refractivity contribution in [3.8, 4) is 0 Å². The smallest absolute Gasteiger partial charge is 0.245 e. The Balaban J connectivity index is 2.31. The fourth-order valence-corrected chi connectivity index (χ4v) is 1.84. The average Bonchev–Trinajstić information content (AvgIpc) is 2.70. The number of rotatable bonds is 2. The normalized spacial score (nSPS) is 19.4. The van der Waals surface area contributed by atoms with Gasteiger partial charge in [0.2, 0.25) is 5.91 Å². The van der Waals surface area contributed by atoms with Crippen LogP contribution in [0.15, 0.2) is 16.5 Å². The first-order valence-electron chi connectivity index (χ1n) is 5.16. The molecular weight excluding hydrogens is 208 g/mol. The molecule has 0 aliphatic carbocycles. The fourth-order valence-electron chi connectivity index (χ4n) is 1.84. The summed E-state index contributed by atoms with van der Waals surface area (Å²) in [5, 5.41) is 2.80. The molecule has 0 aromatic carbocycles. The van der Waals surface area contributed by atoms with Gasteiger partial charge in [0.15, 0.2) is 17.9 Å². The zero-order valence-corrected chi connectivity index (χ0v) is 9.32. The van der Waals surface area contributed by atoms with E-state index in [-0.39, 0.29) is 11.7 Å². The van der Waals surface area contributed by atoms with Crippen LogP contribution < -0.4 is 10.2 Å². The number of piperazine rings is 1. The van der Waals surface area contributed by atoms with Crippen LogP contribution in [0.5, 0.6) is 0 Å². The maximum atomic E-state index is 11.7. The number of anilines is 1. The molecule has 1 aliphatic heterocycles. The lowest BCUT2D eigenvalue weighted by molar-refractivity contribution is -0.126. The van der Waals surface area contributed by atoms with Gasteiger partial charge in [0.25, 0.3) is 0 Å². The quantitative estimate of drug-likeness (QED) is 0.752. The predicted octanol–water partition coefficient (Wildman–Crippen LogP) is 0.807. The van der Waals surface area contributed by atoms with Gasteiger partial charge in [-0.2, -0.15) is 0 Å². The number of nitrogens with one attached hydrogen (secondary N) is 1. The molecule has 16 heavy (non-hydrogen) atoms. The van der Waals surface area contributed by atoms with Crippen molar-refractivity contribution in [2.45, 2.75) is 19.4 Å². The molecule has 0 bridgehead atoms. The van der Waals surface area contributed by atoms with E-state index in [4.69, 9.17) is 4.42 Å². The second-order valence-electron chi connectivity index (χ2n) is 4.26. The van der Waals surface area contributed by atoms with Crippen LogP contribution in [0, 0.1) is 0 Å². The van der Waals surface area contributed by atoms with Crippen molar-refractivity contribution in [2.75, 3.05) is 18.0 Å². The van der Waals surface area contributed by atoms with Gasteiger partial charge in [0.1, 0.15) is 5.54 Å². The van der Waals surface area contributed by atoms with Crippen molar-refractivity contribution in [3.05, 3.63) is 17.9 Å². The SMILES string of the molecule is CC1(C)C(=O)NCCN1c1ccc(C=O)o1. The molecule has 5 heteroatoms. The molecule has 1 N–H and O–H groups in total. The third-order valence-corrected chi connectivity index (χ3v) is 2.85. The number of amides is 1. The van der Waals surface area contributed by atoms with Crippen molar-refractivity contribution in [1.82, 2.24) is 5.32 Å². The maximum absolute atomic E-state index is 11.7. The first-order valence-corrected chi connectivity index (χ1v) is 5.16. The van der Waals surface area contributed by atoms with Gasteiger partial charge in [-0.05, 0) is 19.9 Å². The fraction of sp³-hybridized carbons (Fsp3) is 0.455. The van der Waals surface area contributed by atoms with E-state index in [9.17, 15) is 9.59 Å². The molecule has 86 valence electrons. The number of nitrogens with zero attached hydrogens (tertiary/aromatic N) is 1. The van der Waals surface area contributed by atoms with Crippen LogP contribution in [0.2, 0.25) is 0 Å². The van der Waals surface area contributed by atoms with Gasteiger partial charge < -0.3 is 14.6 Å². The largest absolute Gasteiger partial charge is 0.438 e. The Kier molecular flexibility index (Phi) is 2.46. The van der Waals surface area contributed by atoms with Crippen molar-refractivity contribution in [3.63, 3.8) is 0 Å². The lowest BCUT2D eigenvalue weighted by Gasteiger charge is -2.40. The second kappa shape index (κ2) is 3.66. The summed E-state index contributed by atoms with van der Waals surface area (Å²) in [7, 11) is 0. The van der Waals surface area contributed by atoms with E-state index in [2.05, 4.69) is 5.32 Å². The third kappa shape index (κ3) is 1.58. The van der Waals surface area contributed by atoms with Gasteiger partial charge >= 0.3 is 0 Å². The maximum Gasteiger partial charge on any atom is 0.245 e. The zero-order chi connectivity index (χ0) is 11.8. The summed E-state index contributed by atoms with van der Waals surface area (Å²) in [5.41, 5.74) is -0.656. The predicted molar refractivity (Wildman–Crippen MR) is 58.5 cm³/mol. The molecule has 1 amide bonds. The van der Waals surface area contributed by atoms with E-state index in [0.29, 0.717) is 25.3 Å². The summed E-state index contributed by atoms with van der Waals surface area (Å²) < 4.78 is 5.33. The number of carbonyl (C=O) groups is 2. The summed E-state index contributed by atoms with van der Waals surface area (Å²) in [6.07, 6.45) is 0.653. The summed E-state index contributed by atoms with van der Waals surface area (Å²) >= 11 is 0. The Hall–Kier alpha value is -1.78. The van der Waals surface area contributed by atoms with E-state index < -0.39 is 5.54 Å². The molecule has 0 radical (unpaired) electrons. The molecule has 1 aliphatic rings. The number of hydrogen-bond acceptors (Lipinski definition) is 4. The van der Waals surface area contributed by atoms with Crippen LogP contribution >= 0.6 is 0 Å². The highest BCUT2D eigenvalue weighted by Gasteiger charge is 2.39. The lowest BCUT2D eigenvalue weighted by atomic mass is 9.99. The van der Waals surface area contributed by atoms with Gasteiger partial charge in [-0.15, -0.1) is 0 Å². The highest BCUT2D eigenvalue weighted by atomic mass is 16.4. The summed E-state index contributed by atoms with van der Waals surface area (Å²) in [6.45, 7) is 4.90. The van der Waals surface area contributed by atoms with Gasteiger partial charge in [0.05, 0.1) is 0 Å².